The lowest BCUT2D eigenvalue weighted by Gasteiger charge is -2.31. The lowest BCUT2D eigenvalue weighted by atomic mass is 9.97. The minimum atomic E-state index is -0.657. The molecule has 1 saturated heterocycles. The van der Waals surface area contributed by atoms with Gasteiger partial charge in [-0.1, -0.05) is 6.07 Å². The van der Waals surface area contributed by atoms with E-state index in [9.17, 15) is 14.7 Å². The molecular formula is C19H27NO6. The van der Waals surface area contributed by atoms with Gasteiger partial charge in [0.1, 0.15) is 18.5 Å². The van der Waals surface area contributed by atoms with Crippen LogP contribution in [-0.4, -0.2) is 68.0 Å². The third-order valence-electron chi connectivity index (χ3n) is 4.38. The minimum Gasteiger partial charge on any atom is -0.491 e. The largest absolute Gasteiger partial charge is 0.491 e. The highest BCUT2D eigenvalue weighted by molar-refractivity contribution is 5.89. The van der Waals surface area contributed by atoms with Crippen molar-refractivity contribution in [3.63, 3.8) is 0 Å². The average molecular weight is 365 g/mol. The molecule has 0 aromatic heterocycles. The molecule has 1 aliphatic heterocycles. The van der Waals surface area contributed by atoms with E-state index in [-0.39, 0.29) is 18.5 Å². The summed E-state index contributed by atoms with van der Waals surface area (Å²) in [4.78, 5) is 25.4. The standard InChI is InChI=1S/C19H27NO6/c1-3-25-19(23)15-5-4-6-17(11-15)26-13-16(21)12-20-9-7-14(8-10-20)18(22)24-2/h4-6,11,14,16,21H,3,7-10,12-13H2,1-2H3/t16-/m0/s1. The van der Waals surface area contributed by atoms with Crippen LogP contribution in [0.3, 0.4) is 0 Å². The zero-order valence-electron chi connectivity index (χ0n) is 15.3. The van der Waals surface area contributed by atoms with Crippen molar-refractivity contribution in [2.24, 2.45) is 5.92 Å². The molecule has 0 bridgehead atoms. The third kappa shape index (κ3) is 6.00. The molecule has 0 amide bonds. The number of likely N-dealkylation sites (tertiary alicyclic amines) is 1. The van der Waals surface area contributed by atoms with Gasteiger partial charge < -0.3 is 24.2 Å². The summed E-state index contributed by atoms with van der Waals surface area (Å²) >= 11 is 0. The zero-order valence-corrected chi connectivity index (χ0v) is 15.3. The van der Waals surface area contributed by atoms with Crippen LogP contribution >= 0.6 is 0 Å². The van der Waals surface area contributed by atoms with Crippen molar-refractivity contribution in [1.82, 2.24) is 4.90 Å². The number of esters is 2. The van der Waals surface area contributed by atoms with Gasteiger partial charge in [0.25, 0.3) is 0 Å². The second-order valence-electron chi connectivity index (χ2n) is 6.31. The first kappa shape index (κ1) is 20.2. The Morgan fingerprint density at radius 3 is 2.69 bits per heavy atom. The van der Waals surface area contributed by atoms with E-state index in [1.54, 1.807) is 31.2 Å². The van der Waals surface area contributed by atoms with Crippen LogP contribution in [-0.2, 0) is 14.3 Å². The van der Waals surface area contributed by atoms with Crippen LogP contribution in [0.5, 0.6) is 5.75 Å². The van der Waals surface area contributed by atoms with Crippen molar-refractivity contribution in [3.8, 4) is 5.75 Å². The number of methoxy groups -OCH3 is 1. The van der Waals surface area contributed by atoms with E-state index in [4.69, 9.17) is 14.2 Å². The highest BCUT2D eigenvalue weighted by Crippen LogP contribution is 2.19. The lowest BCUT2D eigenvalue weighted by Crippen LogP contribution is -2.42. The second kappa shape index (κ2) is 10.1. The number of nitrogens with zero attached hydrogens (tertiary/aromatic N) is 1. The van der Waals surface area contributed by atoms with E-state index in [0.717, 1.165) is 25.9 Å². The smallest absolute Gasteiger partial charge is 0.338 e. The van der Waals surface area contributed by atoms with Crippen LogP contribution in [0, 0.1) is 5.92 Å². The Bertz CT molecular complexity index is 597. The lowest BCUT2D eigenvalue weighted by molar-refractivity contribution is -0.147. The second-order valence-corrected chi connectivity index (χ2v) is 6.31. The highest BCUT2D eigenvalue weighted by Gasteiger charge is 2.26. The van der Waals surface area contributed by atoms with Gasteiger partial charge in [-0.25, -0.2) is 4.79 Å². The number of carbonyl (C=O) groups is 2. The fourth-order valence-corrected chi connectivity index (χ4v) is 2.99. The molecule has 1 heterocycles. The Morgan fingerprint density at radius 1 is 1.31 bits per heavy atom. The van der Waals surface area contributed by atoms with Crippen molar-refractivity contribution in [2.45, 2.75) is 25.9 Å². The number of aliphatic hydroxyl groups excluding tert-OH is 1. The van der Waals surface area contributed by atoms with Gasteiger partial charge in [-0.05, 0) is 51.1 Å². The summed E-state index contributed by atoms with van der Waals surface area (Å²) in [6.07, 6.45) is 0.819. The molecule has 0 unspecified atom stereocenters. The van der Waals surface area contributed by atoms with Gasteiger partial charge in [-0.2, -0.15) is 0 Å². The van der Waals surface area contributed by atoms with E-state index in [1.165, 1.54) is 7.11 Å². The molecule has 1 aromatic rings. The van der Waals surface area contributed by atoms with Crippen LogP contribution in [0.15, 0.2) is 24.3 Å². The molecule has 1 aliphatic rings. The van der Waals surface area contributed by atoms with Crippen LogP contribution in [0.4, 0.5) is 0 Å². The normalized spacial score (nSPS) is 16.7. The number of carbonyl (C=O) groups excluding carboxylic acids is 2. The van der Waals surface area contributed by atoms with Gasteiger partial charge in [0.2, 0.25) is 0 Å². The molecule has 144 valence electrons. The SMILES string of the molecule is CCOC(=O)c1cccc(OC[C@@H](O)CN2CCC(C(=O)OC)CC2)c1. The number of hydrogen-bond donors (Lipinski definition) is 1. The Hall–Kier alpha value is -2.12. The topological polar surface area (TPSA) is 85.3 Å². The van der Waals surface area contributed by atoms with E-state index in [2.05, 4.69) is 4.90 Å². The number of benzene rings is 1. The van der Waals surface area contributed by atoms with E-state index in [1.807, 2.05) is 0 Å². The van der Waals surface area contributed by atoms with Crippen LogP contribution < -0.4 is 4.74 Å². The summed E-state index contributed by atoms with van der Waals surface area (Å²) in [7, 11) is 1.41. The third-order valence-corrected chi connectivity index (χ3v) is 4.38. The first-order valence-electron chi connectivity index (χ1n) is 8.91. The van der Waals surface area contributed by atoms with Crippen molar-refractivity contribution in [2.75, 3.05) is 40.0 Å². The molecule has 1 fully saturated rings. The van der Waals surface area contributed by atoms with Gasteiger partial charge in [0, 0.05) is 6.54 Å². The quantitative estimate of drug-likeness (QED) is 0.699. The molecule has 0 radical (unpaired) electrons. The summed E-state index contributed by atoms with van der Waals surface area (Å²) in [6, 6.07) is 6.71. The number of rotatable bonds is 8. The fraction of sp³-hybridized carbons (Fsp3) is 0.579. The average Bonchev–Trinajstić information content (AvgIpc) is 2.67. The molecule has 7 heteroatoms. The maximum atomic E-state index is 11.7. The van der Waals surface area contributed by atoms with E-state index < -0.39 is 12.1 Å². The number of β-amino-alcohol motifs (C(OH)–C–C–N with tert-alkyl or cyclic N) is 1. The Balaban J connectivity index is 1.75. The molecule has 0 saturated carbocycles. The predicted molar refractivity (Wildman–Crippen MR) is 95.1 cm³/mol. The van der Waals surface area contributed by atoms with E-state index in [0.29, 0.717) is 24.5 Å². The number of hydrogen-bond acceptors (Lipinski definition) is 7. The number of piperidine rings is 1. The summed E-state index contributed by atoms with van der Waals surface area (Å²) in [6.45, 7) is 4.16. The maximum absolute atomic E-state index is 11.7. The molecule has 1 N–H and O–H groups in total. The van der Waals surface area contributed by atoms with Crippen molar-refractivity contribution in [3.05, 3.63) is 29.8 Å². The molecule has 1 atom stereocenters. The van der Waals surface area contributed by atoms with Crippen molar-refractivity contribution >= 4 is 11.9 Å². The zero-order chi connectivity index (χ0) is 18.9. The molecule has 0 spiro atoms. The summed E-state index contributed by atoms with van der Waals surface area (Å²) in [5, 5.41) is 10.2. The summed E-state index contributed by atoms with van der Waals surface area (Å²) in [5.74, 6) is -0.0868. The van der Waals surface area contributed by atoms with Crippen molar-refractivity contribution in [1.29, 1.82) is 0 Å². The van der Waals surface area contributed by atoms with Crippen molar-refractivity contribution < 1.29 is 28.9 Å². The molecule has 7 nitrogen and oxygen atoms in total. The van der Waals surface area contributed by atoms with Crippen LogP contribution in [0.2, 0.25) is 0 Å². The molecule has 1 aromatic carbocycles. The Labute approximate surface area is 153 Å². The van der Waals surface area contributed by atoms with Gasteiger partial charge in [-0.15, -0.1) is 0 Å². The molecular weight excluding hydrogens is 338 g/mol. The Kier molecular flexibility index (Phi) is 7.87. The monoisotopic (exact) mass is 365 g/mol. The van der Waals surface area contributed by atoms with E-state index >= 15 is 0 Å². The minimum absolute atomic E-state index is 0.0461. The highest BCUT2D eigenvalue weighted by atomic mass is 16.5. The molecule has 0 aliphatic carbocycles. The van der Waals surface area contributed by atoms with Gasteiger partial charge in [0.05, 0.1) is 25.2 Å². The number of ether oxygens (including phenoxy) is 3. The first-order chi connectivity index (χ1) is 12.5. The molecule has 26 heavy (non-hydrogen) atoms. The maximum Gasteiger partial charge on any atom is 0.338 e. The Morgan fingerprint density at radius 2 is 2.04 bits per heavy atom. The summed E-state index contributed by atoms with van der Waals surface area (Å²) < 4.78 is 15.3. The van der Waals surface area contributed by atoms with Gasteiger partial charge >= 0.3 is 11.9 Å². The first-order valence-corrected chi connectivity index (χ1v) is 8.91. The fourth-order valence-electron chi connectivity index (χ4n) is 2.99. The summed E-state index contributed by atoms with van der Waals surface area (Å²) in [5.41, 5.74) is 0.420. The number of aliphatic hydroxyl groups is 1. The van der Waals surface area contributed by atoms with Crippen LogP contribution in [0.25, 0.3) is 0 Å². The van der Waals surface area contributed by atoms with Gasteiger partial charge in [-0.3, -0.25) is 4.79 Å². The van der Waals surface area contributed by atoms with Gasteiger partial charge in [0.15, 0.2) is 0 Å². The van der Waals surface area contributed by atoms with Crippen LogP contribution in [0.1, 0.15) is 30.1 Å². The predicted octanol–water partition coefficient (Wildman–Crippen LogP) is 1.49. The molecule has 2 rings (SSSR count).